The maximum Gasteiger partial charge on any atom is 0.305 e. The van der Waals surface area contributed by atoms with E-state index in [-0.39, 0.29) is 23.8 Å². The zero-order valence-electron chi connectivity index (χ0n) is 15.1. The third-order valence-corrected chi connectivity index (χ3v) is 5.02. The summed E-state index contributed by atoms with van der Waals surface area (Å²) >= 11 is 0. The van der Waals surface area contributed by atoms with E-state index in [1.54, 1.807) is 14.0 Å². The topological polar surface area (TPSA) is 52.6 Å². The molecular weight excluding hydrogens is 292 g/mol. The van der Waals surface area contributed by atoms with Crippen LogP contribution in [0, 0.1) is 11.8 Å². The number of Topliss-reactive ketones (excluding diaryl/α,β-unsaturated/α-hetero) is 1. The van der Waals surface area contributed by atoms with E-state index >= 15 is 0 Å². The van der Waals surface area contributed by atoms with Crippen LogP contribution in [-0.4, -0.2) is 31.6 Å². The minimum atomic E-state index is -0.141. The maximum atomic E-state index is 12.0. The lowest BCUT2D eigenvalue weighted by Gasteiger charge is -2.30. The standard InChI is InChI=1S/C19H34O4/c1-4-23-19(21)13-9-8-12-17(15(2)20)18(22-3)14-16-10-6-5-7-11-16/h16-18H,4-14H2,1-3H3. The van der Waals surface area contributed by atoms with Crippen molar-refractivity contribution in [3.63, 3.8) is 0 Å². The van der Waals surface area contributed by atoms with E-state index in [1.165, 1.54) is 32.1 Å². The Bertz CT molecular complexity index is 347. The van der Waals surface area contributed by atoms with E-state index in [2.05, 4.69) is 0 Å². The largest absolute Gasteiger partial charge is 0.466 e. The summed E-state index contributed by atoms with van der Waals surface area (Å²) in [5, 5.41) is 0. The number of carbonyl (C=O) groups excluding carboxylic acids is 2. The average Bonchev–Trinajstić information content (AvgIpc) is 2.54. The summed E-state index contributed by atoms with van der Waals surface area (Å²) in [5.41, 5.74) is 0. The molecule has 0 aromatic carbocycles. The fraction of sp³-hybridized carbons (Fsp3) is 0.895. The maximum absolute atomic E-state index is 12.0. The summed E-state index contributed by atoms with van der Waals surface area (Å²) in [4.78, 5) is 23.4. The van der Waals surface area contributed by atoms with Gasteiger partial charge in [-0.05, 0) is 39.0 Å². The van der Waals surface area contributed by atoms with E-state index in [9.17, 15) is 9.59 Å². The Labute approximate surface area is 141 Å². The first-order valence-corrected chi connectivity index (χ1v) is 9.27. The third-order valence-electron chi connectivity index (χ3n) is 5.02. The first kappa shape index (κ1) is 20.1. The van der Waals surface area contributed by atoms with Gasteiger partial charge in [0.05, 0.1) is 12.7 Å². The van der Waals surface area contributed by atoms with Gasteiger partial charge in [0.15, 0.2) is 0 Å². The van der Waals surface area contributed by atoms with Gasteiger partial charge in [-0.25, -0.2) is 0 Å². The van der Waals surface area contributed by atoms with Crippen LogP contribution in [0.5, 0.6) is 0 Å². The highest BCUT2D eigenvalue weighted by Crippen LogP contribution is 2.31. The Kier molecular flexibility index (Phi) is 10.2. The lowest BCUT2D eigenvalue weighted by atomic mass is 9.80. The molecule has 0 aromatic rings. The summed E-state index contributed by atoms with van der Waals surface area (Å²) in [6.45, 7) is 3.92. The second-order valence-electron chi connectivity index (χ2n) is 6.78. The molecule has 0 aliphatic heterocycles. The molecule has 1 rings (SSSR count). The van der Waals surface area contributed by atoms with Gasteiger partial charge in [0, 0.05) is 19.4 Å². The highest BCUT2D eigenvalue weighted by Gasteiger charge is 2.28. The molecule has 1 aliphatic rings. The zero-order valence-corrected chi connectivity index (χ0v) is 15.1. The number of ether oxygens (including phenoxy) is 2. The minimum absolute atomic E-state index is 0.0261. The Hall–Kier alpha value is -0.900. The van der Waals surface area contributed by atoms with Gasteiger partial charge in [-0.15, -0.1) is 0 Å². The summed E-state index contributed by atoms with van der Waals surface area (Å²) in [6, 6.07) is 0. The van der Waals surface area contributed by atoms with E-state index in [0.717, 1.165) is 25.7 Å². The molecule has 23 heavy (non-hydrogen) atoms. The molecule has 0 bridgehead atoms. The Morgan fingerprint density at radius 1 is 1.13 bits per heavy atom. The monoisotopic (exact) mass is 326 g/mol. The van der Waals surface area contributed by atoms with Crippen molar-refractivity contribution < 1.29 is 19.1 Å². The first-order chi connectivity index (χ1) is 11.1. The van der Waals surface area contributed by atoms with Crippen molar-refractivity contribution in [2.75, 3.05) is 13.7 Å². The number of rotatable bonds is 11. The lowest BCUT2D eigenvalue weighted by Crippen LogP contribution is -2.31. The fourth-order valence-electron chi connectivity index (χ4n) is 3.69. The molecule has 0 N–H and O–H groups in total. The Morgan fingerprint density at radius 2 is 1.83 bits per heavy atom. The van der Waals surface area contributed by atoms with Crippen LogP contribution < -0.4 is 0 Å². The van der Waals surface area contributed by atoms with Gasteiger partial charge in [0.25, 0.3) is 0 Å². The van der Waals surface area contributed by atoms with Crippen molar-refractivity contribution in [1.82, 2.24) is 0 Å². The van der Waals surface area contributed by atoms with Crippen molar-refractivity contribution >= 4 is 11.8 Å². The number of methoxy groups -OCH3 is 1. The van der Waals surface area contributed by atoms with E-state index in [1.807, 2.05) is 6.92 Å². The van der Waals surface area contributed by atoms with Crippen molar-refractivity contribution in [2.45, 2.75) is 84.2 Å². The van der Waals surface area contributed by atoms with Crippen LogP contribution in [0.3, 0.4) is 0 Å². The fourth-order valence-corrected chi connectivity index (χ4v) is 3.69. The number of carbonyl (C=O) groups is 2. The molecule has 4 heteroatoms. The summed E-state index contributed by atoms with van der Waals surface area (Å²) in [5.74, 6) is 0.736. The van der Waals surface area contributed by atoms with Crippen LogP contribution in [0.15, 0.2) is 0 Å². The van der Waals surface area contributed by atoms with Crippen LogP contribution in [-0.2, 0) is 19.1 Å². The lowest BCUT2D eigenvalue weighted by molar-refractivity contribution is -0.143. The Morgan fingerprint density at radius 3 is 2.39 bits per heavy atom. The predicted octanol–water partition coefficient (Wildman–Crippen LogP) is 4.30. The van der Waals surface area contributed by atoms with Crippen LogP contribution in [0.25, 0.3) is 0 Å². The molecule has 1 saturated carbocycles. The predicted molar refractivity (Wildman–Crippen MR) is 91.3 cm³/mol. The number of esters is 1. The summed E-state index contributed by atoms with van der Waals surface area (Å²) < 4.78 is 10.6. The van der Waals surface area contributed by atoms with Crippen LogP contribution in [0.2, 0.25) is 0 Å². The second kappa shape index (κ2) is 11.6. The SMILES string of the molecule is CCOC(=O)CCCCC(C(C)=O)C(CC1CCCCC1)OC. The molecular formula is C19H34O4. The molecule has 0 amide bonds. The van der Waals surface area contributed by atoms with Crippen molar-refractivity contribution in [3.05, 3.63) is 0 Å². The zero-order chi connectivity index (χ0) is 17.1. The average molecular weight is 326 g/mol. The molecule has 0 aromatic heterocycles. The van der Waals surface area contributed by atoms with Gasteiger partial charge in [0.1, 0.15) is 5.78 Å². The molecule has 1 aliphatic carbocycles. The minimum Gasteiger partial charge on any atom is -0.466 e. The molecule has 134 valence electrons. The highest BCUT2D eigenvalue weighted by atomic mass is 16.5. The van der Waals surface area contributed by atoms with Crippen LogP contribution >= 0.6 is 0 Å². The van der Waals surface area contributed by atoms with Crippen LogP contribution in [0.4, 0.5) is 0 Å². The van der Waals surface area contributed by atoms with Gasteiger partial charge in [-0.3, -0.25) is 9.59 Å². The molecule has 1 fully saturated rings. The number of hydrogen-bond acceptors (Lipinski definition) is 4. The van der Waals surface area contributed by atoms with Crippen LogP contribution in [0.1, 0.15) is 78.1 Å². The number of unbranched alkanes of at least 4 members (excludes halogenated alkanes) is 1. The van der Waals surface area contributed by atoms with Gasteiger partial charge in [0.2, 0.25) is 0 Å². The molecule has 2 atom stereocenters. The van der Waals surface area contributed by atoms with Gasteiger partial charge < -0.3 is 9.47 Å². The number of ketones is 1. The van der Waals surface area contributed by atoms with Crippen molar-refractivity contribution in [2.24, 2.45) is 11.8 Å². The van der Waals surface area contributed by atoms with Crippen molar-refractivity contribution in [3.8, 4) is 0 Å². The molecule has 4 nitrogen and oxygen atoms in total. The molecule has 2 unspecified atom stereocenters. The summed E-state index contributed by atoms with van der Waals surface area (Å²) in [6.07, 6.45) is 10.4. The van der Waals surface area contributed by atoms with Gasteiger partial charge in [-0.1, -0.05) is 38.5 Å². The normalized spacial score (nSPS) is 18.4. The third kappa shape index (κ3) is 7.96. The van der Waals surface area contributed by atoms with E-state index in [0.29, 0.717) is 18.9 Å². The smallest absolute Gasteiger partial charge is 0.305 e. The molecule has 0 spiro atoms. The Balaban J connectivity index is 2.40. The number of hydrogen-bond donors (Lipinski definition) is 0. The summed E-state index contributed by atoms with van der Waals surface area (Å²) in [7, 11) is 1.72. The first-order valence-electron chi connectivity index (χ1n) is 9.27. The molecule has 0 heterocycles. The highest BCUT2D eigenvalue weighted by molar-refractivity contribution is 5.78. The van der Waals surface area contributed by atoms with Crippen molar-refractivity contribution in [1.29, 1.82) is 0 Å². The van der Waals surface area contributed by atoms with E-state index in [4.69, 9.17) is 9.47 Å². The van der Waals surface area contributed by atoms with E-state index < -0.39 is 0 Å². The van der Waals surface area contributed by atoms with Gasteiger partial charge >= 0.3 is 5.97 Å². The second-order valence-corrected chi connectivity index (χ2v) is 6.78. The quantitative estimate of drug-likeness (QED) is 0.419. The molecule has 0 saturated heterocycles. The van der Waals surface area contributed by atoms with Gasteiger partial charge in [-0.2, -0.15) is 0 Å². The molecule has 0 radical (unpaired) electrons.